The molecule has 4 nitrogen and oxygen atoms in total. The molecule has 1 atom stereocenters. The van der Waals surface area contributed by atoms with E-state index in [1.54, 1.807) is 17.0 Å². The van der Waals surface area contributed by atoms with E-state index in [-0.39, 0.29) is 11.7 Å². The first-order valence-electron chi connectivity index (χ1n) is 6.59. The molecule has 2 N–H and O–H groups in total. The number of halogens is 1. The number of amides is 2. The van der Waals surface area contributed by atoms with Crippen molar-refractivity contribution in [2.75, 3.05) is 0 Å². The van der Waals surface area contributed by atoms with Gasteiger partial charge in [0.15, 0.2) is 0 Å². The van der Waals surface area contributed by atoms with Gasteiger partial charge in [-0.05, 0) is 23.3 Å². The van der Waals surface area contributed by atoms with Crippen LogP contribution >= 0.6 is 0 Å². The molecule has 0 aromatic heterocycles. The quantitative estimate of drug-likeness (QED) is 0.941. The van der Waals surface area contributed by atoms with Gasteiger partial charge in [0, 0.05) is 6.54 Å². The summed E-state index contributed by atoms with van der Waals surface area (Å²) in [7, 11) is 0. The lowest BCUT2D eigenvalue weighted by Crippen LogP contribution is -2.33. The van der Waals surface area contributed by atoms with Crippen LogP contribution in [0.4, 0.5) is 9.18 Å². The third-order valence-electron chi connectivity index (χ3n) is 3.42. The average Bonchev–Trinajstić information content (AvgIpc) is 2.74. The van der Waals surface area contributed by atoms with Gasteiger partial charge in [-0.25, -0.2) is 9.18 Å². The average molecular weight is 283 g/mol. The lowest BCUT2D eigenvalue weighted by molar-refractivity contribution is 0.203. The molecule has 0 saturated heterocycles. The predicted molar refractivity (Wildman–Crippen MR) is 78.1 cm³/mol. The fraction of sp³-hybridized carbons (Fsp3) is 0.125. The Morgan fingerprint density at radius 2 is 1.90 bits per heavy atom. The number of carbonyl (C=O) groups excluding carboxylic acids is 1. The lowest BCUT2D eigenvalue weighted by Gasteiger charge is -2.24. The van der Waals surface area contributed by atoms with Crippen LogP contribution in [-0.4, -0.2) is 16.8 Å². The van der Waals surface area contributed by atoms with Gasteiger partial charge >= 0.3 is 6.03 Å². The van der Waals surface area contributed by atoms with Crippen LogP contribution in [0.3, 0.4) is 0 Å². The van der Waals surface area contributed by atoms with Crippen molar-refractivity contribution >= 4 is 11.9 Å². The van der Waals surface area contributed by atoms with Crippen LogP contribution in [0.5, 0.6) is 0 Å². The van der Waals surface area contributed by atoms with Crippen LogP contribution in [0, 0.1) is 5.82 Å². The largest absolute Gasteiger partial charge is 0.385 e. The minimum Gasteiger partial charge on any atom is -0.385 e. The maximum atomic E-state index is 13.4. The molecular weight excluding hydrogens is 269 g/mol. The Balaban J connectivity index is 1.93. The summed E-state index contributed by atoms with van der Waals surface area (Å²) in [5.74, 6) is -0.166. The SMILES string of the molecule is NC1=NC(=O)N(Cc2ccccc2)C1c1cccc(F)c1. The molecule has 0 bridgehead atoms. The number of carbonyl (C=O) groups is 1. The summed E-state index contributed by atoms with van der Waals surface area (Å²) in [5, 5.41) is 0. The van der Waals surface area contributed by atoms with E-state index >= 15 is 0 Å². The fourth-order valence-electron chi connectivity index (χ4n) is 2.47. The van der Waals surface area contributed by atoms with Crippen LogP contribution in [0.2, 0.25) is 0 Å². The van der Waals surface area contributed by atoms with E-state index in [0.717, 1.165) is 5.56 Å². The number of hydrogen-bond donors (Lipinski definition) is 1. The summed E-state index contributed by atoms with van der Waals surface area (Å²) >= 11 is 0. The predicted octanol–water partition coefficient (Wildman–Crippen LogP) is 2.86. The first-order chi connectivity index (χ1) is 10.1. The van der Waals surface area contributed by atoms with Gasteiger partial charge in [-0.3, -0.25) is 0 Å². The lowest BCUT2D eigenvalue weighted by atomic mass is 10.0. The molecule has 0 spiro atoms. The maximum absolute atomic E-state index is 13.4. The van der Waals surface area contributed by atoms with Gasteiger partial charge < -0.3 is 10.6 Å². The van der Waals surface area contributed by atoms with Crippen molar-refractivity contribution in [2.45, 2.75) is 12.6 Å². The highest BCUT2D eigenvalue weighted by Gasteiger charge is 2.34. The Morgan fingerprint density at radius 1 is 1.14 bits per heavy atom. The topological polar surface area (TPSA) is 58.7 Å². The van der Waals surface area contributed by atoms with Crippen molar-refractivity contribution in [3.8, 4) is 0 Å². The minimum absolute atomic E-state index is 0.196. The molecule has 1 unspecified atom stereocenters. The van der Waals surface area contributed by atoms with Crippen LogP contribution < -0.4 is 5.73 Å². The molecule has 1 aliphatic rings. The molecule has 2 amide bonds. The van der Waals surface area contributed by atoms with E-state index in [1.807, 2.05) is 30.3 Å². The number of nitrogens with two attached hydrogens (primary N) is 1. The third-order valence-corrected chi connectivity index (χ3v) is 3.42. The summed E-state index contributed by atoms with van der Waals surface area (Å²) in [6.45, 7) is 0.380. The van der Waals surface area contributed by atoms with Crippen LogP contribution in [0.1, 0.15) is 17.2 Å². The number of aliphatic imine (C=N–C) groups is 1. The Morgan fingerprint density at radius 3 is 2.62 bits per heavy atom. The number of benzene rings is 2. The Bertz CT molecular complexity index is 700. The molecule has 2 aromatic carbocycles. The standard InChI is InChI=1S/C16H14FN3O/c17-13-8-4-7-12(9-13)14-15(18)19-16(21)20(14)10-11-5-2-1-3-6-11/h1-9,14H,10H2,(H2,18,19,21). The summed E-state index contributed by atoms with van der Waals surface area (Å²) < 4.78 is 13.4. The molecule has 3 rings (SSSR count). The fourth-order valence-corrected chi connectivity index (χ4v) is 2.47. The molecule has 5 heteroatoms. The molecule has 106 valence electrons. The van der Waals surface area contributed by atoms with Crippen LogP contribution in [0.15, 0.2) is 59.6 Å². The number of urea groups is 1. The summed E-state index contributed by atoms with van der Waals surface area (Å²) in [6.07, 6.45) is 0. The summed E-state index contributed by atoms with van der Waals surface area (Å²) in [4.78, 5) is 17.4. The van der Waals surface area contributed by atoms with Crippen molar-refractivity contribution in [1.29, 1.82) is 0 Å². The molecule has 2 aromatic rings. The monoisotopic (exact) mass is 283 g/mol. The summed E-state index contributed by atoms with van der Waals surface area (Å²) in [5.41, 5.74) is 7.45. The highest BCUT2D eigenvalue weighted by Crippen LogP contribution is 2.28. The molecule has 0 fully saturated rings. The molecule has 0 saturated carbocycles. The molecule has 0 radical (unpaired) electrons. The molecule has 21 heavy (non-hydrogen) atoms. The van der Waals surface area contributed by atoms with Crippen molar-refractivity contribution in [1.82, 2.24) is 4.90 Å². The first kappa shape index (κ1) is 13.3. The van der Waals surface area contributed by atoms with Crippen molar-refractivity contribution < 1.29 is 9.18 Å². The van der Waals surface area contributed by atoms with E-state index in [4.69, 9.17) is 5.73 Å². The van der Waals surface area contributed by atoms with Crippen molar-refractivity contribution in [2.24, 2.45) is 10.7 Å². The van der Waals surface area contributed by atoms with Gasteiger partial charge in [0.1, 0.15) is 17.7 Å². The maximum Gasteiger partial charge on any atom is 0.346 e. The molecule has 0 aliphatic carbocycles. The third kappa shape index (κ3) is 2.63. The Hall–Kier alpha value is -2.69. The summed E-state index contributed by atoms with van der Waals surface area (Å²) in [6, 6.07) is 14.7. The number of rotatable bonds is 3. The minimum atomic E-state index is -0.520. The number of nitrogens with zero attached hydrogens (tertiary/aromatic N) is 2. The van der Waals surface area contributed by atoms with E-state index in [9.17, 15) is 9.18 Å². The second-order valence-electron chi connectivity index (χ2n) is 4.89. The second kappa shape index (κ2) is 5.36. The van der Waals surface area contributed by atoms with Crippen LogP contribution in [0.25, 0.3) is 0 Å². The Labute approximate surface area is 121 Å². The van der Waals surface area contributed by atoms with Crippen LogP contribution in [-0.2, 0) is 6.54 Å². The van der Waals surface area contributed by atoms with Gasteiger partial charge in [-0.1, -0.05) is 42.5 Å². The van der Waals surface area contributed by atoms with Gasteiger partial charge in [0.2, 0.25) is 0 Å². The molecular formula is C16H14FN3O. The van der Waals surface area contributed by atoms with Crippen molar-refractivity contribution in [3.63, 3.8) is 0 Å². The van der Waals surface area contributed by atoms with E-state index < -0.39 is 12.1 Å². The normalized spacial score (nSPS) is 18.0. The zero-order chi connectivity index (χ0) is 14.8. The number of amidine groups is 1. The highest BCUT2D eigenvalue weighted by molar-refractivity contribution is 6.03. The van der Waals surface area contributed by atoms with Gasteiger partial charge in [-0.15, -0.1) is 0 Å². The molecule has 1 aliphatic heterocycles. The van der Waals surface area contributed by atoms with E-state index in [1.165, 1.54) is 12.1 Å². The zero-order valence-electron chi connectivity index (χ0n) is 11.2. The zero-order valence-corrected chi connectivity index (χ0v) is 11.2. The van der Waals surface area contributed by atoms with Gasteiger partial charge in [-0.2, -0.15) is 4.99 Å². The van der Waals surface area contributed by atoms with Gasteiger partial charge in [0.05, 0.1) is 0 Å². The van der Waals surface area contributed by atoms with E-state index in [0.29, 0.717) is 12.1 Å². The van der Waals surface area contributed by atoms with Gasteiger partial charge in [0.25, 0.3) is 0 Å². The van der Waals surface area contributed by atoms with E-state index in [2.05, 4.69) is 4.99 Å². The smallest absolute Gasteiger partial charge is 0.346 e. The second-order valence-corrected chi connectivity index (χ2v) is 4.89. The highest BCUT2D eigenvalue weighted by atomic mass is 19.1. The van der Waals surface area contributed by atoms with Crippen molar-refractivity contribution in [3.05, 3.63) is 71.5 Å². The molecule has 1 heterocycles. The Kier molecular flexibility index (Phi) is 3.39. The number of hydrogen-bond acceptors (Lipinski definition) is 2. The first-order valence-corrected chi connectivity index (χ1v) is 6.59.